The van der Waals surface area contributed by atoms with Crippen molar-refractivity contribution in [2.75, 3.05) is 13.2 Å². The summed E-state index contributed by atoms with van der Waals surface area (Å²) in [6, 6.07) is 0. The Morgan fingerprint density at radius 3 is 2.47 bits per heavy atom. The van der Waals surface area contributed by atoms with Crippen molar-refractivity contribution in [1.29, 1.82) is 0 Å². The minimum Gasteiger partial charge on any atom is -0.464 e. The highest BCUT2D eigenvalue weighted by atomic mass is 16.5. The number of imide groups is 1. The zero-order valence-electron chi connectivity index (χ0n) is 11.4. The monoisotopic (exact) mass is 267 g/mol. The van der Waals surface area contributed by atoms with Gasteiger partial charge in [0.1, 0.15) is 6.54 Å². The zero-order chi connectivity index (χ0) is 13.8. The van der Waals surface area contributed by atoms with Crippen molar-refractivity contribution in [2.45, 2.75) is 45.4 Å². The van der Waals surface area contributed by atoms with Crippen molar-refractivity contribution in [3.63, 3.8) is 0 Å². The first-order chi connectivity index (χ1) is 9.13. The molecule has 2 atom stereocenters. The van der Waals surface area contributed by atoms with Crippen LogP contribution in [0.2, 0.25) is 0 Å². The van der Waals surface area contributed by atoms with Crippen LogP contribution >= 0.6 is 0 Å². The highest BCUT2D eigenvalue weighted by Crippen LogP contribution is 2.35. The van der Waals surface area contributed by atoms with Gasteiger partial charge in [-0.15, -0.1) is 0 Å². The Hall–Kier alpha value is -1.39. The molecule has 1 aliphatic heterocycles. The number of hydrogen-bond acceptors (Lipinski definition) is 4. The third-order valence-electron chi connectivity index (χ3n) is 3.95. The second-order valence-corrected chi connectivity index (χ2v) is 5.40. The number of likely N-dealkylation sites (tertiary alicyclic amines) is 1. The predicted molar refractivity (Wildman–Crippen MR) is 68.0 cm³/mol. The van der Waals surface area contributed by atoms with Gasteiger partial charge in [-0.3, -0.25) is 19.3 Å². The zero-order valence-corrected chi connectivity index (χ0v) is 11.4. The lowest BCUT2D eigenvalue weighted by molar-refractivity contribution is -0.164. The maximum atomic E-state index is 12.1. The molecule has 2 bridgehead atoms. The summed E-state index contributed by atoms with van der Waals surface area (Å²) in [6.45, 7) is 2.15. The number of piperidine rings is 1. The maximum Gasteiger partial charge on any atom is 0.326 e. The SMILES string of the molecule is CCCCOC(=O)CN1C(=O)C2CCCC(C2)C1=O. The van der Waals surface area contributed by atoms with Crippen LogP contribution in [-0.4, -0.2) is 35.8 Å². The van der Waals surface area contributed by atoms with Gasteiger partial charge in [0.15, 0.2) is 0 Å². The standard InChI is InChI=1S/C14H21NO4/c1-2-3-7-19-12(16)9-15-13(17)10-5-4-6-11(8-10)14(15)18/h10-11H,2-9H2,1H3. The van der Waals surface area contributed by atoms with Crippen LogP contribution in [-0.2, 0) is 19.1 Å². The van der Waals surface area contributed by atoms with Gasteiger partial charge in [-0.1, -0.05) is 19.8 Å². The fourth-order valence-electron chi connectivity index (χ4n) is 2.85. The molecule has 19 heavy (non-hydrogen) atoms. The van der Waals surface area contributed by atoms with Gasteiger partial charge in [-0.05, 0) is 25.7 Å². The molecular weight excluding hydrogens is 246 g/mol. The molecule has 2 rings (SSSR count). The molecule has 106 valence electrons. The summed E-state index contributed by atoms with van der Waals surface area (Å²) in [4.78, 5) is 37.0. The Kier molecular flexibility index (Phi) is 4.56. The second kappa shape index (κ2) is 6.17. The number of amides is 2. The number of hydrogen-bond donors (Lipinski definition) is 0. The van der Waals surface area contributed by atoms with Gasteiger partial charge in [0.2, 0.25) is 11.8 Å². The number of ether oxygens (including phenoxy) is 1. The van der Waals surface area contributed by atoms with E-state index in [0.717, 1.165) is 37.0 Å². The van der Waals surface area contributed by atoms with E-state index in [1.165, 1.54) is 0 Å². The van der Waals surface area contributed by atoms with E-state index < -0.39 is 5.97 Å². The third kappa shape index (κ3) is 3.14. The summed E-state index contributed by atoms with van der Waals surface area (Å²) in [5, 5.41) is 0. The average Bonchev–Trinajstić information content (AvgIpc) is 2.42. The number of fused-ring (bicyclic) bond motifs is 2. The Morgan fingerprint density at radius 2 is 1.89 bits per heavy atom. The van der Waals surface area contributed by atoms with Crippen LogP contribution in [0.1, 0.15) is 45.4 Å². The first-order valence-corrected chi connectivity index (χ1v) is 7.14. The van der Waals surface area contributed by atoms with E-state index in [-0.39, 0.29) is 30.2 Å². The molecule has 2 unspecified atom stereocenters. The fourth-order valence-corrected chi connectivity index (χ4v) is 2.85. The molecule has 0 radical (unpaired) electrons. The van der Waals surface area contributed by atoms with E-state index >= 15 is 0 Å². The fraction of sp³-hybridized carbons (Fsp3) is 0.786. The normalized spacial score (nSPS) is 26.5. The van der Waals surface area contributed by atoms with E-state index in [4.69, 9.17) is 4.74 Å². The number of carbonyl (C=O) groups is 3. The minimum absolute atomic E-state index is 0.0695. The Balaban J connectivity index is 1.92. The highest BCUT2D eigenvalue weighted by molar-refractivity contribution is 6.02. The quantitative estimate of drug-likeness (QED) is 0.430. The Bertz CT molecular complexity index is 358. The lowest BCUT2D eigenvalue weighted by Crippen LogP contribution is -2.53. The summed E-state index contributed by atoms with van der Waals surface area (Å²) in [7, 11) is 0. The molecule has 2 fully saturated rings. The van der Waals surface area contributed by atoms with Crippen molar-refractivity contribution in [2.24, 2.45) is 11.8 Å². The van der Waals surface area contributed by atoms with Gasteiger partial charge in [0, 0.05) is 11.8 Å². The highest BCUT2D eigenvalue weighted by Gasteiger charge is 2.43. The van der Waals surface area contributed by atoms with E-state index in [1.807, 2.05) is 6.92 Å². The van der Waals surface area contributed by atoms with Crippen LogP contribution in [0.4, 0.5) is 0 Å². The molecule has 1 aliphatic carbocycles. The number of esters is 1. The first-order valence-electron chi connectivity index (χ1n) is 7.14. The first kappa shape index (κ1) is 14.0. The molecule has 1 saturated carbocycles. The van der Waals surface area contributed by atoms with Crippen molar-refractivity contribution in [3.8, 4) is 0 Å². The molecule has 1 heterocycles. The van der Waals surface area contributed by atoms with E-state index in [0.29, 0.717) is 13.0 Å². The van der Waals surface area contributed by atoms with Gasteiger partial charge in [-0.25, -0.2) is 0 Å². The maximum absolute atomic E-state index is 12.1. The van der Waals surface area contributed by atoms with Crippen LogP contribution in [0.15, 0.2) is 0 Å². The molecule has 5 heteroatoms. The molecule has 0 aromatic carbocycles. The van der Waals surface area contributed by atoms with Gasteiger partial charge >= 0.3 is 5.97 Å². The summed E-state index contributed by atoms with van der Waals surface area (Å²) < 4.78 is 5.02. The van der Waals surface area contributed by atoms with E-state index in [1.54, 1.807) is 0 Å². The predicted octanol–water partition coefficient (Wildman–Crippen LogP) is 1.50. The third-order valence-corrected chi connectivity index (χ3v) is 3.95. The molecular formula is C14H21NO4. The molecule has 2 aliphatic rings. The van der Waals surface area contributed by atoms with Crippen LogP contribution < -0.4 is 0 Å². The number of nitrogens with zero attached hydrogens (tertiary/aromatic N) is 1. The van der Waals surface area contributed by atoms with E-state index in [9.17, 15) is 14.4 Å². The molecule has 0 spiro atoms. The largest absolute Gasteiger partial charge is 0.464 e. The topological polar surface area (TPSA) is 63.7 Å². The summed E-state index contributed by atoms with van der Waals surface area (Å²) >= 11 is 0. The van der Waals surface area contributed by atoms with Gasteiger partial charge in [0.05, 0.1) is 6.61 Å². The molecule has 0 aromatic rings. The smallest absolute Gasteiger partial charge is 0.326 e. The summed E-state index contributed by atoms with van der Waals surface area (Å²) in [5.41, 5.74) is 0. The average molecular weight is 267 g/mol. The number of carbonyl (C=O) groups excluding carboxylic acids is 3. The van der Waals surface area contributed by atoms with Gasteiger partial charge < -0.3 is 4.74 Å². The van der Waals surface area contributed by atoms with Crippen molar-refractivity contribution in [1.82, 2.24) is 4.90 Å². The molecule has 0 N–H and O–H groups in total. The van der Waals surface area contributed by atoms with Crippen molar-refractivity contribution >= 4 is 17.8 Å². The van der Waals surface area contributed by atoms with Crippen molar-refractivity contribution < 1.29 is 19.1 Å². The Labute approximate surface area is 113 Å². The van der Waals surface area contributed by atoms with Gasteiger partial charge in [-0.2, -0.15) is 0 Å². The van der Waals surface area contributed by atoms with E-state index in [2.05, 4.69) is 0 Å². The van der Waals surface area contributed by atoms with Crippen LogP contribution in [0.25, 0.3) is 0 Å². The molecule has 2 amide bonds. The number of unbranched alkanes of at least 4 members (excludes halogenated alkanes) is 1. The Morgan fingerprint density at radius 1 is 1.26 bits per heavy atom. The molecule has 1 saturated heterocycles. The van der Waals surface area contributed by atoms with Crippen LogP contribution in [0.5, 0.6) is 0 Å². The lowest BCUT2D eigenvalue weighted by Gasteiger charge is -2.38. The van der Waals surface area contributed by atoms with Gasteiger partial charge in [0.25, 0.3) is 0 Å². The van der Waals surface area contributed by atoms with Crippen LogP contribution in [0.3, 0.4) is 0 Å². The summed E-state index contributed by atoms with van der Waals surface area (Å²) in [5.74, 6) is -0.989. The molecule has 5 nitrogen and oxygen atoms in total. The minimum atomic E-state index is -0.477. The lowest BCUT2D eigenvalue weighted by atomic mass is 9.77. The van der Waals surface area contributed by atoms with Crippen LogP contribution in [0, 0.1) is 11.8 Å². The summed E-state index contributed by atoms with van der Waals surface area (Å²) in [6.07, 6.45) is 5.02. The number of rotatable bonds is 5. The second-order valence-electron chi connectivity index (χ2n) is 5.40. The molecule has 0 aromatic heterocycles. The van der Waals surface area contributed by atoms with Crippen molar-refractivity contribution in [3.05, 3.63) is 0 Å².